The van der Waals surface area contributed by atoms with Gasteiger partial charge in [0.15, 0.2) is 0 Å². The molecule has 6 nitrogen and oxygen atoms in total. The van der Waals surface area contributed by atoms with E-state index in [-0.39, 0.29) is 25.1 Å². The number of amides is 1. The molecule has 0 atom stereocenters. The molecule has 1 heterocycles. The highest BCUT2D eigenvalue weighted by molar-refractivity contribution is 6.31. The molecule has 1 aliphatic carbocycles. The number of carbonyl (C=O) groups excluding carboxylic acids is 2. The van der Waals surface area contributed by atoms with Gasteiger partial charge in [0.2, 0.25) is 5.91 Å². The van der Waals surface area contributed by atoms with Crippen molar-refractivity contribution in [1.29, 1.82) is 0 Å². The second-order valence-corrected chi connectivity index (χ2v) is 7.52. The minimum atomic E-state index is -0.479. The van der Waals surface area contributed by atoms with E-state index >= 15 is 0 Å². The lowest BCUT2D eigenvalue weighted by atomic mass is 9.94. The van der Waals surface area contributed by atoms with Crippen molar-refractivity contribution < 1.29 is 14.3 Å². The summed E-state index contributed by atoms with van der Waals surface area (Å²) in [4.78, 5) is 31.3. The summed E-state index contributed by atoms with van der Waals surface area (Å²) in [6.45, 7) is 2.10. The van der Waals surface area contributed by atoms with Crippen LogP contribution >= 0.6 is 11.6 Å². The molecule has 1 aromatic heterocycles. The number of benzene rings is 1. The Morgan fingerprint density at radius 1 is 1.29 bits per heavy atom. The van der Waals surface area contributed by atoms with E-state index in [1.54, 1.807) is 25.1 Å². The maximum atomic E-state index is 12.7. The number of rotatable bonds is 6. The first-order valence-corrected chi connectivity index (χ1v) is 10.1. The first-order valence-electron chi connectivity index (χ1n) is 9.76. The van der Waals surface area contributed by atoms with Crippen molar-refractivity contribution in [3.63, 3.8) is 0 Å². The largest absolute Gasteiger partial charge is 0.462 e. The summed E-state index contributed by atoms with van der Waals surface area (Å²) in [5.41, 5.74) is 1.51. The van der Waals surface area contributed by atoms with Gasteiger partial charge in [0, 0.05) is 29.7 Å². The number of esters is 1. The molecule has 1 aliphatic rings. The highest BCUT2D eigenvalue weighted by Gasteiger charge is 2.23. The standard InChI is InChI=1S/C21H26ClN3O3/c1-3-28-21(27)17-12-23-18-10-9-14(22)11-16(18)20(17)24-13-19(26)25(2)15-7-5-4-6-8-15/h9-12,15H,3-8,13H2,1-2H3,(H,23,24). The van der Waals surface area contributed by atoms with Crippen molar-refractivity contribution in [1.82, 2.24) is 9.88 Å². The zero-order valence-electron chi connectivity index (χ0n) is 16.3. The Hall–Kier alpha value is -2.34. The van der Waals surface area contributed by atoms with Crippen LogP contribution < -0.4 is 5.32 Å². The van der Waals surface area contributed by atoms with Gasteiger partial charge in [0.05, 0.1) is 24.4 Å². The van der Waals surface area contributed by atoms with Gasteiger partial charge >= 0.3 is 5.97 Å². The van der Waals surface area contributed by atoms with Crippen molar-refractivity contribution in [2.45, 2.75) is 45.1 Å². The van der Waals surface area contributed by atoms with Crippen molar-refractivity contribution in [2.24, 2.45) is 0 Å². The molecule has 0 aliphatic heterocycles. The van der Waals surface area contributed by atoms with Gasteiger partial charge in [0.1, 0.15) is 5.56 Å². The van der Waals surface area contributed by atoms with Gasteiger partial charge in [-0.3, -0.25) is 9.78 Å². The van der Waals surface area contributed by atoms with Crippen LogP contribution in [-0.4, -0.2) is 48.0 Å². The Kier molecular flexibility index (Phi) is 6.73. The quantitative estimate of drug-likeness (QED) is 0.729. The SMILES string of the molecule is CCOC(=O)c1cnc2ccc(Cl)cc2c1NCC(=O)N(C)C1CCCCC1. The fourth-order valence-electron chi connectivity index (χ4n) is 3.68. The van der Waals surface area contributed by atoms with Crippen LogP contribution in [0.3, 0.4) is 0 Å². The van der Waals surface area contributed by atoms with Crippen LogP contribution in [-0.2, 0) is 9.53 Å². The van der Waals surface area contributed by atoms with Gasteiger partial charge in [-0.05, 0) is 38.0 Å². The summed E-state index contributed by atoms with van der Waals surface area (Å²) in [6.07, 6.45) is 7.13. The number of nitrogens with one attached hydrogen (secondary N) is 1. The number of fused-ring (bicyclic) bond motifs is 1. The maximum absolute atomic E-state index is 12.7. The van der Waals surface area contributed by atoms with Crippen molar-refractivity contribution in [3.8, 4) is 0 Å². The Bertz CT molecular complexity index is 865. The van der Waals surface area contributed by atoms with Gasteiger partial charge < -0.3 is 15.0 Å². The number of pyridine rings is 1. The van der Waals surface area contributed by atoms with Crippen LogP contribution in [0.1, 0.15) is 49.4 Å². The van der Waals surface area contributed by atoms with Crippen LogP contribution in [0.2, 0.25) is 5.02 Å². The van der Waals surface area contributed by atoms with E-state index in [9.17, 15) is 9.59 Å². The summed E-state index contributed by atoms with van der Waals surface area (Å²) < 4.78 is 5.15. The second-order valence-electron chi connectivity index (χ2n) is 7.08. The number of halogens is 1. The van der Waals surface area contributed by atoms with Crippen molar-refractivity contribution >= 4 is 40.1 Å². The third kappa shape index (κ3) is 4.55. The van der Waals surface area contributed by atoms with E-state index in [2.05, 4.69) is 10.3 Å². The maximum Gasteiger partial charge on any atom is 0.341 e. The van der Waals surface area contributed by atoms with Crippen molar-refractivity contribution in [2.75, 3.05) is 25.5 Å². The predicted octanol–water partition coefficient (Wildman–Crippen LogP) is 4.27. The Morgan fingerprint density at radius 3 is 2.75 bits per heavy atom. The molecule has 1 saturated carbocycles. The van der Waals surface area contributed by atoms with Gasteiger partial charge in [-0.15, -0.1) is 0 Å². The van der Waals surface area contributed by atoms with Crippen LogP contribution in [0.25, 0.3) is 10.9 Å². The van der Waals surface area contributed by atoms with Gasteiger partial charge in [-0.2, -0.15) is 0 Å². The Morgan fingerprint density at radius 2 is 2.04 bits per heavy atom. The average Bonchev–Trinajstić information content (AvgIpc) is 2.71. The molecule has 7 heteroatoms. The molecule has 1 amide bonds. The third-order valence-corrected chi connectivity index (χ3v) is 5.49. The van der Waals surface area contributed by atoms with Crippen LogP contribution in [0, 0.1) is 0 Å². The summed E-state index contributed by atoms with van der Waals surface area (Å²) in [6, 6.07) is 5.56. The number of hydrogen-bond donors (Lipinski definition) is 1. The molecular weight excluding hydrogens is 378 g/mol. The molecule has 0 radical (unpaired) electrons. The van der Waals surface area contributed by atoms with E-state index in [0.717, 1.165) is 25.7 Å². The topological polar surface area (TPSA) is 71.5 Å². The summed E-state index contributed by atoms with van der Waals surface area (Å²) in [7, 11) is 1.85. The van der Waals surface area contributed by atoms with E-state index in [1.807, 2.05) is 11.9 Å². The smallest absolute Gasteiger partial charge is 0.341 e. The molecule has 0 bridgehead atoms. The van der Waals surface area contributed by atoms with Gasteiger partial charge in [-0.1, -0.05) is 30.9 Å². The highest BCUT2D eigenvalue weighted by Crippen LogP contribution is 2.29. The molecule has 1 N–H and O–H groups in total. The number of nitrogens with zero attached hydrogens (tertiary/aromatic N) is 2. The highest BCUT2D eigenvalue weighted by atomic mass is 35.5. The van der Waals surface area contributed by atoms with Crippen molar-refractivity contribution in [3.05, 3.63) is 35.0 Å². The first kappa shape index (κ1) is 20.4. The minimum Gasteiger partial charge on any atom is -0.462 e. The molecule has 150 valence electrons. The molecule has 3 rings (SSSR count). The molecule has 2 aromatic rings. The fraction of sp³-hybridized carbons (Fsp3) is 0.476. The Balaban J connectivity index is 1.85. The summed E-state index contributed by atoms with van der Waals surface area (Å²) >= 11 is 6.15. The number of likely N-dealkylation sites (N-methyl/N-ethyl adjacent to an activating group) is 1. The van der Waals surface area contributed by atoms with E-state index in [1.165, 1.54) is 12.6 Å². The fourth-order valence-corrected chi connectivity index (χ4v) is 3.85. The molecular formula is C21H26ClN3O3. The number of ether oxygens (including phenoxy) is 1. The third-order valence-electron chi connectivity index (χ3n) is 5.26. The number of aromatic nitrogens is 1. The van der Waals surface area contributed by atoms with Gasteiger partial charge in [-0.25, -0.2) is 4.79 Å². The summed E-state index contributed by atoms with van der Waals surface area (Å²) in [5.74, 6) is -0.485. The lowest BCUT2D eigenvalue weighted by Crippen LogP contribution is -2.41. The molecule has 1 fully saturated rings. The first-order chi connectivity index (χ1) is 13.5. The lowest BCUT2D eigenvalue weighted by Gasteiger charge is -2.31. The minimum absolute atomic E-state index is 0.00583. The van der Waals surface area contributed by atoms with Gasteiger partial charge in [0.25, 0.3) is 0 Å². The molecule has 28 heavy (non-hydrogen) atoms. The number of carbonyl (C=O) groups is 2. The van der Waals surface area contributed by atoms with Crippen LogP contribution in [0.4, 0.5) is 5.69 Å². The molecule has 0 spiro atoms. The number of anilines is 1. The predicted molar refractivity (Wildman–Crippen MR) is 111 cm³/mol. The summed E-state index contributed by atoms with van der Waals surface area (Å²) in [5, 5.41) is 4.37. The second kappa shape index (κ2) is 9.24. The van der Waals surface area contributed by atoms with Crippen LogP contribution in [0.5, 0.6) is 0 Å². The van der Waals surface area contributed by atoms with E-state index in [4.69, 9.17) is 16.3 Å². The van der Waals surface area contributed by atoms with E-state index in [0.29, 0.717) is 27.2 Å². The number of hydrogen-bond acceptors (Lipinski definition) is 5. The average molecular weight is 404 g/mol. The molecule has 1 aromatic carbocycles. The molecule has 0 saturated heterocycles. The van der Waals surface area contributed by atoms with Crippen LogP contribution in [0.15, 0.2) is 24.4 Å². The lowest BCUT2D eigenvalue weighted by molar-refractivity contribution is -0.130. The Labute approximate surface area is 170 Å². The molecule has 0 unspecified atom stereocenters. The zero-order chi connectivity index (χ0) is 20.1. The zero-order valence-corrected chi connectivity index (χ0v) is 17.1. The normalized spacial score (nSPS) is 14.7. The van der Waals surface area contributed by atoms with E-state index < -0.39 is 5.97 Å². The monoisotopic (exact) mass is 403 g/mol.